The van der Waals surface area contributed by atoms with Gasteiger partial charge < -0.3 is 5.32 Å². The van der Waals surface area contributed by atoms with Gasteiger partial charge in [0.2, 0.25) is 0 Å². The minimum absolute atomic E-state index is 0.0334. The number of nitrogens with zero attached hydrogens (tertiary/aromatic N) is 4. The molecular weight excluding hydrogens is 355 g/mol. The van der Waals surface area contributed by atoms with Crippen molar-refractivity contribution in [3.8, 4) is 17.5 Å². The first kappa shape index (κ1) is 18.3. The third kappa shape index (κ3) is 4.39. The van der Waals surface area contributed by atoms with E-state index in [0.717, 1.165) is 11.6 Å². The van der Waals surface area contributed by atoms with Gasteiger partial charge in [0, 0.05) is 30.1 Å². The normalized spacial score (nSPS) is 12.3. The Morgan fingerprint density at radius 2 is 1.93 bits per heavy atom. The molecule has 136 valence electrons. The molecule has 0 fully saturated rings. The van der Waals surface area contributed by atoms with Gasteiger partial charge in [-0.1, -0.05) is 12.1 Å². The highest BCUT2D eigenvalue weighted by molar-refractivity contribution is 5.57. The number of pyridine rings is 1. The van der Waals surface area contributed by atoms with Crippen molar-refractivity contribution in [3.05, 3.63) is 71.7 Å². The summed E-state index contributed by atoms with van der Waals surface area (Å²) < 4.78 is 39.8. The molecule has 5 nitrogen and oxygen atoms in total. The van der Waals surface area contributed by atoms with Gasteiger partial charge in [0.1, 0.15) is 5.82 Å². The lowest BCUT2D eigenvalue weighted by molar-refractivity contribution is -0.141. The number of halogens is 3. The summed E-state index contributed by atoms with van der Waals surface area (Å²) in [4.78, 5) is 11.7. The molecule has 0 spiro atoms. The monoisotopic (exact) mass is 369 g/mol. The third-order valence-electron chi connectivity index (χ3n) is 3.82. The Balaban J connectivity index is 1.98. The molecule has 0 saturated heterocycles. The van der Waals surface area contributed by atoms with Gasteiger partial charge in [0.15, 0.2) is 11.5 Å². The lowest BCUT2D eigenvalue weighted by atomic mass is 10.1. The molecule has 2 heterocycles. The predicted octanol–water partition coefficient (Wildman–Crippen LogP) is 4.60. The molecule has 0 aliphatic rings. The fraction of sp³-hybridized carbons (Fsp3) is 0.158. The highest BCUT2D eigenvalue weighted by atomic mass is 19.4. The predicted molar refractivity (Wildman–Crippen MR) is 93.5 cm³/mol. The minimum Gasteiger partial charge on any atom is -0.363 e. The molecule has 3 rings (SSSR count). The zero-order valence-corrected chi connectivity index (χ0v) is 14.2. The standard InChI is InChI=1S/C19H14F3N5/c1-12(14-5-2-4-13(8-14)10-23)25-17-9-16(19(20,21)22)26-18(27-17)15-6-3-7-24-11-15/h2-9,11-12H,1H3,(H,25,26,27). The van der Waals surface area contributed by atoms with Crippen molar-refractivity contribution in [2.75, 3.05) is 5.32 Å². The van der Waals surface area contributed by atoms with Crippen molar-refractivity contribution in [2.45, 2.75) is 19.1 Å². The lowest BCUT2D eigenvalue weighted by Gasteiger charge is -2.17. The second kappa shape index (κ2) is 7.41. The zero-order chi connectivity index (χ0) is 19.4. The van der Waals surface area contributed by atoms with E-state index in [1.54, 1.807) is 43.3 Å². The number of nitriles is 1. The quantitative estimate of drug-likeness (QED) is 0.727. The first-order valence-electron chi connectivity index (χ1n) is 8.00. The fourth-order valence-electron chi connectivity index (χ4n) is 2.47. The first-order chi connectivity index (χ1) is 12.9. The van der Waals surface area contributed by atoms with Crippen LogP contribution in [0, 0.1) is 11.3 Å². The number of anilines is 1. The maximum absolute atomic E-state index is 13.3. The SMILES string of the molecule is CC(Nc1cc(C(F)(F)F)nc(-c2cccnc2)n1)c1cccc(C#N)c1. The van der Waals surface area contributed by atoms with Gasteiger partial charge in [-0.25, -0.2) is 9.97 Å². The van der Waals surface area contributed by atoms with Crippen LogP contribution < -0.4 is 5.32 Å². The van der Waals surface area contributed by atoms with Crippen LogP contribution in [-0.2, 0) is 6.18 Å². The van der Waals surface area contributed by atoms with Crippen molar-refractivity contribution in [1.29, 1.82) is 5.26 Å². The van der Waals surface area contributed by atoms with Gasteiger partial charge in [-0.3, -0.25) is 4.98 Å². The summed E-state index contributed by atoms with van der Waals surface area (Å²) in [5, 5.41) is 12.0. The van der Waals surface area contributed by atoms with Crippen molar-refractivity contribution in [1.82, 2.24) is 15.0 Å². The summed E-state index contributed by atoms with van der Waals surface area (Å²) in [5.41, 5.74) is 0.558. The second-order valence-electron chi connectivity index (χ2n) is 5.80. The molecule has 2 aromatic heterocycles. The van der Waals surface area contributed by atoms with Crippen molar-refractivity contribution >= 4 is 5.82 Å². The molecule has 8 heteroatoms. The number of nitrogens with one attached hydrogen (secondary N) is 1. The average Bonchev–Trinajstić information content (AvgIpc) is 2.67. The Hall–Kier alpha value is -3.47. The van der Waals surface area contributed by atoms with E-state index in [1.165, 1.54) is 12.4 Å². The Morgan fingerprint density at radius 1 is 1.11 bits per heavy atom. The van der Waals surface area contributed by atoms with E-state index in [2.05, 4.69) is 20.3 Å². The molecule has 0 amide bonds. The molecule has 0 aliphatic heterocycles. The number of aromatic nitrogens is 3. The lowest BCUT2D eigenvalue weighted by Crippen LogP contribution is -2.14. The molecule has 0 bridgehead atoms. The molecular formula is C19H14F3N5. The van der Waals surface area contributed by atoms with Crippen LogP contribution >= 0.6 is 0 Å². The summed E-state index contributed by atoms with van der Waals surface area (Å²) in [6.07, 6.45) is -1.69. The molecule has 0 aliphatic carbocycles. The van der Waals surface area contributed by atoms with Crippen LogP contribution in [0.15, 0.2) is 54.9 Å². The van der Waals surface area contributed by atoms with E-state index in [9.17, 15) is 13.2 Å². The van der Waals surface area contributed by atoms with Crippen LogP contribution in [0.5, 0.6) is 0 Å². The Morgan fingerprint density at radius 3 is 2.59 bits per heavy atom. The summed E-state index contributed by atoms with van der Waals surface area (Å²) in [5.74, 6) is -0.0376. The minimum atomic E-state index is -4.61. The van der Waals surface area contributed by atoms with E-state index < -0.39 is 11.9 Å². The van der Waals surface area contributed by atoms with Crippen LogP contribution in [-0.4, -0.2) is 15.0 Å². The highest BCUT2D eigenvalue weighted by Gasteiger charge is 2.34. The summed E-state index contributed by atoms with van der Waals surface area (Å²) in [6, 6.07) is 12.6. The maximum Gasteiger partial charge on any atom is 0.433 e. The summed E-state index contributed by atoms with van der Waals surface area (Å²) in [6.45, 7) is 1.77. The van der Waals surface area contributed by atoms with Gasteiger partial charge in [0.25, 0.3) is 0 Å². The van der Waals surface area contributed by atoms with E-state index in [4.69, 9.17) is 5.26 Å². The molecule has 27 heavy (non-hydrogen) atoms. The van der Waals surface area contributed by atoms with Crippen LogP contribution in [0.3, 0.4) is 0 Å². The largest absolute Gasteiger partial charge is 0.433 e. The van der Waals surface area contributed by atoms with Gasteiger partial charge in [-0.05, 0) is 36.8 Å². The topological polar surface area (TPSA) is 74.5 Å². The number of alkyl halides is 3. The molecule has 3 aromatic rings. The van der Waals surface area contributed by atoms with Crippen molar-refractivity contribution in [2.24, 2.45) is 0 Å². The van der Waals surface area contributed by atoms with Gasteiger partial charge in [-0.2, -0.15) is 18.4 Å². The van der Waals surface area contributed by atoms with Gasteiger partial charge >= 0.3 is 6.18 Å². The molecule has 1 atom stereocenters. The Bertz CT molecular complexity index is 981. The number of rotatable bonds is 4. The number of hydrogen-bond donors (Lipinski definition) is 1. The van der Waals surface area contributed by atoms with Crippen LogP contribution in [0.4, 0.5) is 19.0 Å². The Kier molecular flexibility index (Phi) is 5.03. The van der Waals surface area contributed by atoms with E-state index in [0.29, 0.717) is 11.1 Å². The smallest absolute Gasteiger partial charge is 0.363 e. The molecule has 0 saturated carbocycles. The Labute approximate surface area is 153 Å². The molecule has 1 N–H and O–H groups in total. The number of hydrogen-bond acceptors (Lipinski definition) is 5. The third-order valence-corrected chi connectivity index (χ3v) is 3.82. The highest BCUT2D eigenvalue weighted by Crippen LogP contribution is 2.31. The van der Waals surface area contributed by atoms with E-state index in [-0.39, 0.29) is 17.7 Å². The number of benzene rings is 1. The van der Waals surface area contributed by atoms with Crippen molar-refractivity contribution in [3.63, 3.8) is 0 Å². The van der Waals surface area contributed by atoms with E-state index in [1.807, 2.05) is 6.07 Å². The summed E-state index contributed by atoms with van der Waals surface area (Å²) >= 11 is 0. The van der Waals surface area contributed by atoms with Gasteiger partial charge in [0.05, 0.1) is 11.6 Å². The maximum atomic E-state index is 13.3. The first-order valence-corrected chi connectivity index (χ1v) is 8.00. The average molecular weight is 369 g/mol. The van der Waals surface area contributed by atoms with Crippen molar-refractivity contribution < 1.29 is 13.2 Å². The molecule has 1 aromatic carbocycles. The van der Waals surface area contributed by atoms with Crippen LogP contribution in [0.1, 0.15) is 29.8 Å². The second-order valence-corrected chi connectivity index (χ2v) is 5.80. The fourth-order valence-corrected chi connectivity index (χ4v) is 2.47. The zero-order valence-electron chi connectivity index (χ0n) is 14.2. The van der Waals surface area contributed by atoms with Gasteiger partial charge in [-0.15, -0.1) is 0 Å². The van der Waals surface area contributed by atoms with Crippen LogP contribution in [0.25, 0.3) is 11.4 Å². The molecule has 1 unspecified atom stereocenters. The molecule has 0 radical (unpaired) electrons. The van der Waals surface area contributed by atoms with Crippen LogP contribution in [0.2, 0.25) is 0 Å². The summed E-state index contributed by atoms with van der Waals surface area (Å²) in [7, 11) is 0. The van der Waals surface area contributed by atoms with E-state index >= 15 is 0 Å².